The van der Waals surface area contributed by atoms with Gasteiger partial charge in [0.1, 0.15) is 5.82 Å². The lowest BCUT2D eigenvalue weighted by molar-refractivity contribution is -0.376. The zero-order valence-corrected chi connectivity index (χ0v) is 17.1. The summed E-state index contributed by atoms with van der Waals surface area (Å²) in [5.74, 6) is 0.411. The van der Waals surface area contributed by atoms with Crippen LogP contribution in [0.4, 0.5) is 37.8 Å². The highest BCUT2D eigenvalue weighted by atomic mass is 32.2. The SMILES string of the molecule is C[C@H]1CN(Sc2ccc(N)nc2)CCN1c1ccc(C(O)(C(F)(F)F)C(F)(F)F)cc1. The van der Waals surface area contributed by atoms with Crippen LogP contribution in [-0.4, -0.2) is 52.4 Å². The number of aromatic nitrogens is 1. The van der Waals surface area contributed by atoms with Gasteiger partial charge in [-0.05, 0) is 43.1 Å². The fraction of sp³-hybridized carbons (Fsp3) is 0.421. The maximum atomic E-state index is 13.0. The van der Waals surface area contributed by atoms with E-state index in [4.69, 9.17) is 5.73 Å². The van der Waals surface area contributed by atoms with Gasteiger partial charge in [0.05, 0.1) is 0 Å². The average molecular weight is 466 g/mol. The highest BCUT2D eigenvalue weighted by Gasteiger charge is 2.71. The number of nitrogens with two attached hydrogens (primary N) is 1. The lowest BCUT2D eigenvalue weighted by atomic mass is 9.92. The van der Waals surface area contributed by atoms with Gasteiger partial charge in [-0.25, -0.2) is 9.29 Å². The van der Waals surface area contributed by atoms with Gasteiger partial charge >= 0.3 is 12.4 Å². The van der Waals surface area contributed by atoms with Crippen LogP contribution in [0.15, 0.2) is 47.5 Å². The molecule has 2 heterocycles. The molecule has 1 saturated heterocycles. The predicted octanol–water partition coefficient (Wildman–Crippen LogP) is 4.19. The van der Waals surface area contributed by atoms with E-state index in [-0.39, 0.29) is 6.04 Å². The van der Waals surface area contributed by atoms with Crippen LogP contribution in [0.2, 0.25) is 0 Å². The first-order chi connectivity index (χ1) is 14.3. The molecule has 12 heteroatoms. The summed E-state index contributed by atoms with van der Waals surface area (Å²) in [6.07, 6.45) is -10.2. The molecule has 1 fully saturated rings. The highest BCUT2D eigenvalue weighted by Crippen LogP contribution is 2.50. The van der Waals surface area contributed by atoms with Crippen molar-refractivity contribution in [1.29, 1.82) is 0 Å². The van der Waals surface area contributed by atoms with Gasteiger partial charge in [-0.1, -0.05) is 12.1 Å². The molecule has 1 aliphatic rings. The topological polar surface area (TPSA) is 65.6 Å². The summed E-state index contributed by atoms with van der Waals surface area (Å²) < 4.78 is 80.4. The van der Waals surface area contributed by atoms with Crippen LogP contribution in [0.25, 0.3) is 0 Å². The van der Waals surface area contributed by atoms with Crippen LogP contribution in [0.5, 0.6) is 0 Å². The van der Waals surface area contributed by atoms with Gasteiger partial charge < -0.3 is 15.7 Å². The summed E-state index contributed by atoms with van der Waals surface area (Å²) in [7, 11) is 0. The summed E-state index contributed by atoms with van der Waals surface area (Å²) in [6.45, 7) is 3.63. The minimum absolute atomic E-state index is 0.0574. The minimum Gasteiger partial charge on any atom is -0.384 e. The van der Waals surface area contributed by atoms with Crippen molar-refractivity contribution in [1.82, 2.24) is 9.29 Å². The van der Waals surface area contributed by atoms with Gasteiger partial charge in [0, 0.05) is 48.0 Å². The van der Waals surface area contributed by atoms with Crippen molar-refractivity contribution in [2.75, 3.05) is 30.3 Å². The maximum Gasteiger partial charge on any atom is 0.430 e. The number of piperazine rings is 1. The standard InChI is InChI=1S/C19H20F6N4OS/c1-12-11-28(31-15-6-7-16(26)27-10-15)8-9-29(12)14-4-2-13(3-5-14)17(30,18(20,21)22)19(23,24)25/h2-7,10,12,30H,8-9,11H2,1H3,(H2,26,27)/t12-/m0/s1. The Bertz CT molecular complexity index is 874. The molecular weight excluding hydrogens is 446 g/mol. The number of aliphatic hydroxyl groups is 1. The number of benzene rings is 1. The third-order valence-corrected chi connectivity index (χ3v) is 6.06. The summed E-state index contributed by atoms with van der Waals surface area (Å²) in [5, 5.41) is 9.51. The number of alkyl halides is 6. The van der Waals surface area contributed by atoms with E-state index in [0.29, 0.717) is 43.3 Å². The number of nitrogen functional groups attached to an aromatic ring is 1. The van der Waals surface area contributed by atoms with Crippen molar-refractivity contribution in [3.8, 4) is 0 Å². The molecule has 1 aromatic carbocycles. The predicted molar refractivity (Wildman–Crippen MR) is 105 cm³/mol. The summed E-state index contributed by atoms with van der Waals surface area (Å²) in [4.78, 5) is 6.82. The molecule has 1 atom stereocenters. The first kappa shape index (κ1) is 23.5. The fourth-order valence-electron chi connectivity index (χ4n) is 3.37. The monoisotopic (exact) mass is 466 g/mol. The van der Waals surface area contributed by atoms with Crippen molar-refractivity contribution >= 4 is 23.5 Å². The zero-order chi connectivity index (χ0) is 23.0. The van der Waals surface area contributed by atoms with E-state index in [1.165, 1.54) is 24.1 Å². The molecule has 1 aliphatic heterocycles. The van der Waals surface area contributed by atoms with Crippen molar-refractivity contribution in [2.45, 2.75) is 35.8 Å². The Morgan fingerprint density at radius 2 is 1.61 bits per heavy atom. The molecule has 0 aliphatic carbocycles. The normalized spacial score (nSPS) is 19.0. The summed E-state index contributed by atoms with van der Waals surface area (Å²) in [6, 6.07) is 7.15. The molecule has 1 aromatic heterocycles. The lowest BCUT2D eigenvalue weighted by Gasteiger charge is -2.41. The molecule has 31 heavy (non-hydrogen) atoms. The Kier molecular flexibility index (Phi) is 6.36. The van der Waals surface area contributed by atoms with E-state index in [1.54, 1.807) is 12.3 Å². The Hall–Kier alpha value is -2.18. The van der Waals surface area contributed by atoms with Gasteiger partial charge in [0.15, 0.2) is 0 Å². The molecule has 0 amide bonds. The van der Waals surface area contributed by atoms with Gasteiger partial charge in [0.2, 0.25) is 0 Å². The van der Waals surface area contributed by atoms with E-state index in [0.717, 1.165) is 4.90 Å². The first-order valence-electron chi connectivity index (χ1n) is 9.20. The molecule has 170 valence electrons. The third kappa shape index (κ3) is 4.70. The molecule has 3 N–H and O–H groups in total. The second kappa shape index (κ2) is 8.40. The number of rotatable bonds is 4. The second-order valence-electron chi connectivity index (χ2n) is 7.19. The number of anilines is 2. The van der Waals surface area contributed by atoms with Gasteiger partial charge in [-0.3, -0.25) is 0 Å². The van der Waals surface area contributed by atoms with Crippen molar-refractivity contribution < 1.29 is 31.4 Å². The molecule has 0 saturated carbocycles. The number of hydrogen-bond donors (Lipinski definition) is 2. The molecule has 0 spiro atoms. The number of hydrogen-bond acceptors (Lipinski definition) is 6. The number of nitrogens with zero attached hydrogens (tertiary/aromatic N) is 3. The summed E-state index contributed by atoms with van der Waals surface area (Å²) in [5.41, 5.74) is -0.151. The van der Waals surface area contributed by atoms with Crippen LogP contribution in [-0.2, 0) is 5.60 Å². The average Bonchev–Trinajstić information content (AvgIpc) is 2.68. The molecule has 3 rings (SSSR count). The van der Waals surface area contributed by atoms with E-state index >= 15 is 0 Å². The van der Waals surface area contributed by atoms with E-state index in [2.05, 4.69) is 9.29 Å². The molecule has 0 unspecified atom stereocenters. The first-order valence-corrected chi connectivity index (χ1v) is 9.97. The maximum absolute atomic E-state index is 13.0. The van der Waals surface area contributed by atoms with Gasteiger partial charge in [-0.2, -0.15) is 26.3 Å². The molecule has 0 radical (unpaired) electrons. The number of halogens is 6. The zero-order valence-electron chi connectivity index (χ0n) is 16.3. The Labute approximate surface area is 179 Å². The summed E-state index contributed by atoms with van der Waals surface area (Å²) >= 11 is 1.49. The fourth-order valence-corrected chi connectivity index (χ4v) is 4.36. The Morgan fingerprint density at radius 1 is 1.00 bits per heavy atom. The molecule has 2 aromatic rings. The smallest absolute Gasteiger partial charge is 0.384 e. The Balaban J connectivity index is 1.72. The van der Waals surface area contributed by atoms with Crippen LogP contribution < -0.4 is 10.6 Å². The Morgan fingerprint density at radius 3 is 2.10 bits per heavy atom. The van der Waals surface area contributed by atoms with Gasteiger partial charge in [0.25, 0.3) is 5.60 Å². The van der Waals surface area contributed by atoms with Crippen LogP contribution in [0, 0.1) is 0 Å². The third-order valence-electron chi connectivity index (χ3n) is 5.02. The van der Waals surface area contributed by atoms with Crippen LogP contribution in [0.3, 0.4) is 0 Å². The van der Waals surface area contributed by atoms with Crippen LogP contribution in [0.1, 0.15) is 12.5 Å². The molecule has 0 bridgehead atoms. The van der Waals surface area contributed by atoms with E-state index in [9.17, 15) is 31.4 Å². The lowest BCUT2D eigenvalue weighted by Crippen LogP contribution is -2.54. The number of pyridine rings is 1. The largest absolute Gasteiger partial charge is 0.430 e. The van der Waals surface area contributed by atoms with Gasteiger partial charge in [-0.15, -0.1) is 0 Å². The minimum atomic E-state index is -5.90. The molecule has 5 nitrogen and oxygen atoms in total. The van der Waals surface area contributed by atoms with E-state index < -0.39 is 23.5 Å². The van der Waals surface area contributed by atoms with Crippen molar-refractivity contribution in [2.24, 2.45) is 0 Å². The second-order valence-corrected chi connectivity index (χ2v) is 8.36. The van der Waals surface area contributed by atoms with Crippen molar-refractivity contribution in [3.05, 3.63) is 48.2 Å². The van der Waals surface area contributed by atoms with Crippen LogP contribution >= 0.6 is 11.9 Å². The molecular formula is C19H20F6N4OS. The highest BCUT2D eigenvalue weighted by molar-refractivity contribution is 7.97. The van der Waals surface area contributed by atoms with E-state index in [1.807, 2.05) is 17.9 Å². The quantitative estimate of drug-likeness (QED) is 0.521. The van der Waals surface area contributed by atoms with Crippen molar-refractivity contribution in [3.63, 3.8) is 0 Å².